The molecule has 0 aliphatic carbocycles. The second-order valence-electron chi connectivity index (χ2n) is 7.73. The molecule has 0 aliphatic rings. The van der Waals surface area contributed by atoms with Crippen molar-refractivity contribution in [1.82, 2.24) is 19.7 Å². The zero-order valence-corrected chi connectivity index (χ0v) is 18.4. The van der Waals surface area contributed by atoms with E-state index < -0.39 is 0 Å². The van der Waals surface area contributed by atoms with Crippen molar-refractivity contribution < 1.29 is 4.74 Å². The number of unbranched alkanes of at least 4 members (excludes halogenated alkanes) is 4. The van der Waals surface area contributed by atoms with Gasteiger partial charge in [0.1, 0.15) is 11.3 Å². The molecule has 0 amide bonds. The van der Waals surface area contributed by atoms with Crippen LogP contribution in [-0.4, -0.2) is 33.4 Å². The first-order chi connectivity index (χ1) is 14.6. The molecule has 0 radical (unpaired) electrons. The van der Waals surface area contributed by atoms with Gasteiger partial charge in [0.2, 0.25) is 5.95 Å². The number of methoxy groups -OCH3 is 1. The highest BCUT2D eigenvalue weighted by atomic mass is 16.5. The lowest BCUT2D eigenvalue weighted by atomic mass is 10.0. The van der Waals surface area contributed by atoms with E-state index in [1.54, 1.807) is 7.11 Å². The molecule has 30 heavy (non-hydrogen) atoms. The molecule has 7 nitrogen and oxygen atoms in total. The van der Waals surface area contributed by atoms with Gasteiger partial charge in [-0.05, 0) is 30.9 Å². The third kappa shape index (κ3) is 5.62. The number of fused-ring (bicyclic) bond motifs is 1. The summed E-state index contributed by atoms with van der Waals surface area (Å²) in [4.78, 5) is 8.68. The topological polar surface area (TPSA) is 90.9 Å². The van der Waals surface area contributed by atoms with E-state index in [9.17, 15) is 0 Å². The number of anilines is 2. The van der Waals surface area contributed by atoms with Crippen LogP contribution in [0.1, 0.15) is 63.5 Å². The Morgan fingerprint density at radius 3 is 2.67 bits per heavy atom. The first-order valence-corrected chi connectivity index (χ1v) is 11.0. The van der Waals surface area contributed by atoms with Gasteiger partial charge in [0, 0.05) is 12.1 Å². The summed E-state index contributed by atoms with van der Waals surface area (Å²) in [6.07, 6.45) is 10.2. The molecular weight excluding hydrogens is 376 g/mol. The van der Waals surface area contributed by atoms with Crippen molar-refractivity contribution in [1.29, 1.82) is 0 Å². The van der Waals surface area contributed by atoms with Crippen LogP contribution in [0, 0.1) is 0 Å². The van der Waals surface area contributed by atoms with Crippen molar-refractivity contribution in [3.05, 3.63) is 35.5 Å². The average Bonchev–Trinajstić information content (AvgIpc) is 3.14. The van der Waals surface area contributed by atoms with Gasteiger partial charge in [0.05, 0.1) is 19.9 Å². The Labute approximate surface area is 179 Å². The molecule has 0 atom stereocenters. The van der Waals surface area contributed by atoms with Crippen LogP contribution in [0.2, 0.25) is 0 Å². The molecule has 0 unspecified atom stereocenters. The van der Waals surface area contributed by atoms with Crippen molar-refractivity contribution in [2.75, 3.05) is 24.7 Å². The highest BCUT2D eigenvalue weighted by Crippen LogP contribution is 2.24. The van der Waals surface area contributed by atoms with Gasteiger partial charge in [0.25, 0.3) is 0 Å². The Hall–Kier alpha value is -2.83. The standard InChI is InChI=1S/C23H34N6O/c1-4-6-8-9-10-17-11-12-18(20(14-17)30-3)15-29-16-19-21(28-29)22(25-13-7-5-2)27-23(24)26-19/h11-12,14,16H,4-10,13,15H2,1-3H3,(H3,24,25,26,27). The largest absolute Gasteiger partial charge is 0.496 e. The van der Waals surface area contributed by atoms with E-state index in [1.165, 1.54) is 31.2 Å². The molecule has 0 saturated heterocycles. The van der Waals surface area contributed by atoms with Crippen molar-refractivity contribution in [3.63, 3.8) is 0 Å². The van der Waals surface area contributed by atoms with Crippen LogP contribution in [0.15, 0.2) is 24.4 Å². The lowest BCUT2D eigenvalue weighted by molar-refractivity contribution is 0.407. The van der Waals surface area contributed by atoms with Gasteiger partial charge in [0.15, 0.2) is 11.3 Å². The SMILES string of the molecule is CCCCCCc1ccc(Cn2cc3nc(N)nc(NCCCC)c3n2)c(OC)c1. The number of rotatable bonds is 12. The summed E-state index contributed by atoms with van der Waals surface area (Å²) in [7, 11) is 1.72. The molecule has 0 fully saturated rings. The molecule has 162 valence electrons. The Balaban J connectivity index is 1.77. The first-order valence-electron chi connectivity index (χ1n) is 11.0. The number of ether oxygens (including phenoxy) is 1. The fourth-order valence-electron chi connectivity index (χ4n) is 3.57. The molecule has 3 aromatic rings. The number of aromatic nitrogens is 4. The number of nitrogens with two attached hydrogens (primary N) is 1. The van der Waals surface area contributed by atoms with Crippen LogP contribution in [0.3, 0.4) is 0 Å². The minimum absolute atomic E-state index is 0.256. The number of nitrogens with zero attached hydrogens (tertiary/aromatic N) is 4. The van der Waals surface area contributed by atoms with E-state index in [1.807, 2.05) is 10.9 Å². The maximum absolute atomic E-state index is 5.89. The zero-order chi connectivity index (χ0) is 21.3. The Morgan fingerprint density at radius 2 is 1.90 bits per heavy atom. The summed E-state index contributed by atoms with van der Waals surface area (Å²) < 4.78 is 7.54. The summed E-state index contributed by atoms with van der Waals surface area (Å²) in [6.45, 7) is 5.83. The molecule has 0 saturated carbocycles. The molecular formula is C23H34N6O. The minimum Gasteiger partial charge on any atom is -0.496 e. The van der Waals surface area contributed by atoms with Gasteiger partial charge in [-0.3, -0.25) is 4.68 Å². The van der Waals surface area contributed by atoms with Gasteiger partial charge in [-0.25, -0.2) is 4.98 Å². The molecule has 0 bridgehead atoms. The fourth-order valence-corrected chi connectivity index (χ4v) is 3.57. The van der Waals surface area contributed by atoms with Crippen molar-refractivity contribution in [2.24, 2.45) is 0 Å². The van der Waals surface area contributed by atoms with Crippen molar-refractivity contribution in [2.45, 2.75) is 65.3 Å². The minimum atomic E-state index is 0.256. The normalized spacial score (nSPS) is 11.2. The molecule has 0 spiro atoms. The highest BCUT2D eigenvalue weighted by Gasteiger charge is 2.13. The van der Waals surface area contributed by atoms with Crippen LogP contribution >= 0.6 is 0 Å². The Bertz CT molecular complexity index is 952. The summed E-state index contributed by atoms with van der Waals surface area (Å²) >= 11 is 0. The second kappa shape index (κ2) is 10.8. The lowest BCUT2D eigenvalue weighted by Crippen LogP contribution is -2.06. The van der Waals surface area contributed by atoms with E-state index in [-0.39, 0.29) is 5.95 Å². The van der Waals surface area contributed by atoms with Crippen LogP contribution in [0.5, 0.6) is 5.75 Å². The third-order valence-corrected chi connectivity index (χ3v) is 5.25. The van der Waals surface area contributed by atoms with Gasteiger partial charge < -0.3 is 15.8 Å². The predicted octanol–water partition coefficient (Wildman–Crippen LogP) is 4.80. The van der Waals surface area contributed by atoms with Crippen LogP contribution in [0.25, 0.3) is 11.0 Å². The van der Waals surface area contributed by atoms with E-state index in [4.69, 9.17) is 15.6 Å². The maximum atomic E-state index is 5.89. The number of benzene rings is 1. The van der Waals surface area contributed by atoms with Crippen LogP contribution in [0.4, 0.5) is 11.8 Å². The smallest absolute Gasteiger partial charge is 0.222 e. The fraction of sp³-hybridized carbons (Fsp3) is 0.522. The molecule has 2 aromatic heterocycles. The number of nitrogens with one attached hydrogen (secondary N) is 1. The van der Waals surface area contributed by atoms with E-state index in [0.29, 0.717) is 12.4 Å². The number of hydrogen-bond donors (Lipinski definition) is 2. The number of aryl methyl sites for hydroxylation is 1. The second-order valence-corrected chi connectivity index (χ2v) is 7.73. The monoisotopic (exact) mass is 410 g/mol. The van der Waals surface area contributed by atoms with Crippen LogP contribution in [-0.2, 0) is 13.0 Å². The molecule has 2 heterocycles. The third-order valence-electron chi connectivity index (χ3n) is 5.25. The van der Waals surface area contributed by atoms with Gasteiger partial charge in [-0.1, -0.05) is 51.7 Å². The zero-order valence-electron chi connectivity index (χ0n) is 18.4. The highest BCUT2D eigenvalue weighted by molar-refractivity contribution is 5.85. The number of nitrogen functional groups attached to an aromatic ring is 1. The first kappa shape index (κ1) is 21.9. The predicted molar refractivity (Wildman–Crippen MR) is 123 cm³/mol. The summed E-state index contributed by atoms with van der Waals surface area (Å²) in [5.74, 6) is 1.85. The van der Waals surface area contributed by atoms with Crippen LogP contribution < -0.4 is 15.8 Å². The lowest BCUT2D eigenvalue weighted by Gasteiger charge is -2.11. The molecule has 3 N–H and O–H groups in total. The number of hydrogen-bond acceptors (Lipinski definition) is 6. The summed E-state index contributed by atoms with van der Waals surface area (Å²) in [5, 5.41) is 8.05. The van der Waals surface area contributed by atoms with E-state index in [0.717, 1.165) is 48.2 Å². The Morgan fingerprint density at radius 1 is 1.07 bits per heavy atom. The van der Waals surface area contributed by atoms with Crippen molar-refractivity contribution >= 4 is 22.8 Å². The van der Waals surface area contributed by atoms with Gasteiger partial charge >= 0.3 is 0 Å². The Kier molecular flexibility index (Phi) is 7.88. The summed E-state index contributed by atoms with van der Waals surface area (Å²) in [6, 6.07) is 6.49. The molecule has 1 aromatic carbocycles. The van der Waals surface area contributed by atoms with E-state index in [2.05, 4.69) is 47.3 Å². The summed E-state index contributed by atoms with van der Waals surface area (Å²) in [5.41, 5.74) is 9.78. The molecule has 3 rings (SSSR count). The maximum Gasteiger partial charge on any atom is 0.222 e. The van der Waals surface area contributed by atoms with Gasteiger partial charge in [-0.15, -0.1) is 0 Å². The van der Waals surface area contributed by atoms with Gasteiger partial charge in [-0.2, -0.15) is 10.1 Å². The average molecular weight is 411 g/mol. The quantitative estimate of drug-likeness (QED) is 0.417. The molecule has 0 aliphatic heterocycles. The van der Waals surface area contributed by atoms with E-state index >= 15 is 0 Å². The molecule has 7 heteroatoms. The van der Waals surface area contributed by atoms with Crippen molar-refractivity contribution in [3.8, 4) is 5.75 Å².